The van der Waals surface area contributed by atoms with Crippen LogP contribution in [0.2, 0.25) is 0 Å². The fourth-order valence-corrected chi connectivity index (χ4v) is 3.97. The summed E-state index contributed by atoms with van der Waals surface area (Å²) in [6, 6.07) is -2.62. The van der Waals surface area contributed by atoms with Crippen molar-refractivity contribution >= 4 is 48.9 Å². The Balaban J connectivity index is 3.29. The lowest BCUT2D eigenvalue weighted by atomic mass is 9.96. The summed E-state index contributed by atoms with van der Waals surface area (Å²) in [4.78, 5) is 51.1. The minimum absolute atomic E-state index is 0.0148. The highest BCUT2D eigenvalue weighted by molar-refractivity contribution is 7.80. The molecule has 1 fully saturated rings. The van der Waals surface area contributed by atoms with Gasteiger partial charge in [-0.1, -0.05) is 33.8 Å². The molecule has 3 amide bonds. The van der Waals surface area contributed by atoms with E-state index >= 15 is 0 Å². The minimum atomic E-state index is -1.22. The Morgan fingerprint density at radius 3 is 2.21 bits per heavy atom. The lowest BCUT2D eigenvalue weighted by molar-refractivity contribution is -0.151. The molecule has 0 saturated carbocycles. The van der Waals surface area contributed by atoms with Crippen LogP contribution in [0.4, 0.5) is 0 Å². The van der Waals surface area contributed by atoms with Gasteiger partial charge in [0.05, 0.1) is 25.0 Å². The molecule has 0 aromatic carbocycles. The second-order valence-electron chi connectivity index (χ2n) is 9.22. The van der Waals surface area contributed by atoms with Gasteiger partial charge in [-0.05, 0) is 36.5 Å². The molecule has 1 aliphatic rings. The van der Waals surface area contributed by atoms with Crippen LogP contribution in [-0.2, 0) is 23.9 Å². The maximum atomic E-state index is 13.0. The number of aliphatic hydroxyl groups excluding tert-OH is 1. The van der Waals surface area contributed by atoms with Gasteiger partial charge in [0.15, 0.2) is 0 Å². The van der Waals surface area contributed by atoms with E-state index in [-0.39, 0.29) is 30.4 Å². The normalized spacial score (nSPS) is 28.2. The van der Waals surface area contributed by atoms with E-state index in [0.717, 1.165) is 0 Å². The number of rotatable bonds is 7. The zero-order chi connectivity index (χ0) is 25.8. The van der Waals surface area contributed by atoms with Crippen molar-refractivity contribution in [2.75, 3.05) is 11.5 Å². The average Bonchev–Trinajstić information content (AvgIpc) is 2.73. The highest BCUT2D eigenvalue weighted by Gasteiger charge is 2.33. The average molecular weight is 518 g/mol. The number of cyclic esters (lactones) is 1. The minimum Gasteiger partial charge on any atom is -0.457 e. The molecule has 0 unspecified atom stereocenters. The quantitative estimate of drug-likeness (QED) is 0.170. The summed E-state index contributed by atoms with van der Waals surface area (Å²) in [5.74, 6) is -1.74. The lowest BCUT2D eigenvalue weighted by Crippen LogP contribution is -2.57. The molecule has 0 bridgehead atoms. The van der Waals surface area contributed by atoms with E-state index < -0.39 is 54.0 Å². The first kappa shape index (κ1) is 30.3. The Morgan fingerprint density at radius 1 is 1.00 bits per heavy atom. The standard InChI is InChI=1S/C23H39N3O6S2/c1-13(2)9-16-22(30)25-17(12-34)23(31)26-21(14(3)4)18(27)11-20(29)32-15(7-5-6-8-33)10-19(28)24-16/h5,7,13-18,21,27,33-34H,6,8-12H2,1-4H3,(H,24,28)(H,25,30)(H,26,31)/b7-5+/t15-,16-,17-,18+,21-/m1/s1. The Bertz CT molecular complexity index is 731. The van der Waals surface area contributed by atoms with Crippen molar-refractivity contribution in [1.82, 2.24) is 16.0 Å². The van der Waals surface area contributed by atoms with Crippen LogP contribution in [0.3, 0.4) is 0 Å². The predicted octanol–water partition coefficient (Wildman–Crippen LogP) is 1.02. The molecule has 5 atom stereocenters. The third-order valence-corrected chi connectivity index (χ3v) is 5.93. The molecule has 1 saturated heterocycles. The molecule has 1 aliphatic heterocycles. The van der Waals surface area contributed by atoms with Gasteiger partial charge in [0.2, 0.25) is 17.7 Å². The van der Waals surface area contributed by atoms with Crippen LogP contribution in [0, 0.1) is 11.8 Å². The van der Waals surface area contributed by atoms with Gasteiger partial charge < -0.3 is 25.8 Å². The molecule has 1 rings (SSSR count). The number of allylic oxidation sites excluding steroid dienone is 1. The van der Waals surface area contributed by atoms with E-state index in [4.69, 9.17) is 4.74 Å². The van der Waals surface area contributed by atoms with Crippen LogP contribution < -0.4 is 16.0 Å². The van der Waals surface area contributed by atoms with Gasteiger partial charge in [0, 0.05) is 5.75 Å². The molecule has 11 heteroatoms. The maximum absolute atomic E-state index is 13.0. The summed E-state index contributed by atoms with van der Waals surface area (Å²) in [6.07, 6.45) is 1.69. The number of amides is 3. The monoisotopic (exact) mass is 517 g/mol. The van der Waals surface area contributed by atoms with Gasteiger partial charge in [0.25, 0.3) is 0 Å². The second kappa shape index (κ2) is 15.3. The second-order valence-corrected chi connectivity index (χ2v) is 10.0. The van der Waals surface area contributed by atoms with E-state index in [1.54, 1.807) is 26.0 Å². The van der Waals surface area contributed by atoms with Crippen LogP contribution in [0.1, 0.15) is 53.4 Å². The number of thiol groups is 2. The first-order valence-electron chi connectivity index (χ1n) is 11.6. The summed E-state index contributed by atoms with van der Waals surface area (Å²) >= 11 is 8.33. The number of esters is 1. The van der Waals surface area contributed by atoms with Crippen LogP contribution in [0.5, 0.6) is 0 Å². The number of hydrogen-bond donors (Lipinski definition) is 6. The topological polar surface area (TPSA) is 134 Å². The predicted molar refractivity (Wildman–Crippen MR) is 137 cm³/mol. The number of aliphatic hydroxyl groups is 1. The highest BCUT2D eigenvalue weighted by atomic mass is 32.1. The molecular formula is C23H39N3O6S2. The molecule has 0 radical (unpaired) electrons. The summed E-state index contributed by atoms with van der Waals surface area (Å²) < 4.78 is 5.46. The number of nitrogens with one attached hydrogen (secondary N) is 3. The summed E-state index contributed by atoms with van der Waals surface area (Å²) in [5, 5.41) is 18.7. The van der Waals surface area contributed by atoms with Crippen LogP contribution >= 0.6 is 25.3 Å². The van der Waals surface area contributed by atoms with E-state index in [9.17, 15) is 24.3 Å². The van der Waals surface area contributed by atoms with Crippen LogP contribution in [0.15, 0.2) is 12.2 Å². The fourth-order valence-electron chi connectivity index (χ4n) is 3.56. The molecule has 0 aliphatic carbocycles. The summed E-state index contributed by atoms with van der Waals surface area (Å²) in [7, 11) is 0. The van der Waals surface area contributed by atoms with Gasteiger partial charge in [0.1, 0.15) is 18.2 Å². The number of carbonyl (C=O) groups excluding carboxylic acids is 4. The van der Waals surface area contributed by atoms with Crippen LogP contribution in [-0.4, -0.2) is 70.6 Å². The number of carbonyl (C=O) groups is 4. The van der Waals surface area contributed by atoms with Crippen molar-refractivity contribution in [3.63, 3.8) is 0 Å². The van der Waals surface area contributed by atoms with Gasteiger partial charge in [-0.25, -0.2) is 0 Å². The highest BCUT2D eigenvalue weighted by Crippen LogP contribution is 2.14. The maximum Gasteiger partial charge on any atom is 0.309 e. The molecule has 4 N–H and O–H groups in total. The molecule has 34 heavy (non-hydrogen) atoms. The van der Waals surface area contributed by atoms with Gasteiger partial charge in [-0.3, -0.25) is 19.2 Å². The summed E-state index contributed by atoms with van der Waals surface area (Å²) in [6.45, 7) is 7.42. The van der Waals surface area contributed by atoms with Crippen molar-refractivity contribution in [2.24, 2.45) is 11.8 Å². The van der Waals surface area contributed by atoms with Crippen molar-refractivity contribution in [2.45, 2.75) is 83.7 Å². The molecule has 0 spiro atoms. The van der Waals surface area contributed by atoms with Crippen LogP contribution in [0.25, 0.3) is 0 Å². The third kappa shape index (κ3) is 10.7. The van der Waals surface area contributed by atoms with Crippen molar-refractivity contribution in [3.8, 4) is 0 Å². The number of ether oxygens (including phenoxy) is 1. The zero-order valence-electron chi connectivity index (χ0n) is 20.3. The fraction of sp³-hybridized carbons (Fsp3) is 0.739. The van der Waals surface area contributed by atoms with E-state index in [1.165, 1.54) is 0 Å². The van der Waals surface area contributed by atoms with E-state index in [1.807, 2.05) is 13.8 Å². The van der Waals surface area contributed by atoms with Gasteiger partial charge in [-0.2, -0.15) is 25.3 Å². The van der Waals surface area contributed by atoms with Crippen molar-refractivity contribution in [1.29, 1.82) is 0 Å². The van der Waals surface area contributed by atoms with Crippen molar-refractivity contribution in [3.05, 3.63) is 12.2 Å². The van der Waals surface area contributed by atoms with E-state index in [2.05, 4.69) is 41.2 Å². The lowest BCUT2D eigenvalue weighted by Gasteiger charge is -2.29. The molecule has 194 valence electrons. The first-order valence-corrected chi connectivity index (χ1v) is 12.9. The van der Waals surface area contributed by atoms with Crippen molar-refractivity contribution < 1.29 is 29.0 Å². The van der Waals surface area contributed by atoms with Gasteiger partial charge in [-0.15, -0.1) is 0 Å². The SMILES string of the molecule is CC(C)C[C@H]1NC(=O)C[C@@H](/C=C/CCS)OC(=O)C[C@H](O)[C@@H](C(C)C)NC(=O)[C@@H](CS)NC1=O. The smallest absolute Gasteiger partial charge is 0.309 e. The van der Waals surface area contributed by atoms with Gasteiger partial charge >= 0.3 is 5.97 Å². The largest absolute Gasteiger partial charge is 0.457 e. The third-order valence-electron chi connectivity index (χ3n) is 5.31. The Hall–Kier alpha value is -1.72. The zero-order valence-corrected chi connectivity index (χ0v) is 22.1. The number of hydrogen-bond acceptors (Lipinski definition) is 8. The molecule has 9 nitrogen and oxygen atoms in total. The molecular weight excluding hydrogens is 478 g/mol. The Labute approximate surface area is 213 Å². The molecule has 1 heterocycles. The Kier molecular flexibility index (Phi) is 13.6. The van der Waals surface area contributed by atoms with E-state index in [0.29, 0.717) is 18.6 Å². The Morgan fingerprint density at radius 2 is 1.65 bits per heavy atom. The summed E-state index contributed by atoms with van der Waals surface area (Å²) in [5.41, 5.74) is 0. The molecule has 0 aromatic rings. The molecule has 0 aromatic heterocycles. The first-order chi connectivity index (χ1) is 16.0.